The summed E-state index contributed by atoms with van der Waals surface area (Å²) in [5.74, 6) is 1.49. The van der Waals surface area contributed by atoms with E-state index >= 15 is 0 Å². The molecule has 0 radical (unpaired) electrons. The molecule has 7 heteroatoms. The molecule has 0 fully saturated rings. The lowest BCUT2D eigenvalue weighted by Crippen LogP contribution is -2.11. The van der Waals surface area contributed by atoms with Crippen LogP contribution in [0.2, 0.25) is 0 Å². The molecule has 0 aliphatic carbocycles. The second-order valence-electron chi connectivity index (χ2n) is 5.38. The molecule has 0 bridgehead atoms. The van der Waals surface area contributed by atoms with Gasteiger partial charge in [0.1, 0.15) is 12.4 Å². The predicted molar refractivity (Wildman–Crippen MR) is 93.4 cm³/mol. The summed E-state index contributed by atoms with van der Waals surface area (Å²) in [7, 11) is 0. The normalized spacial score (nSPS) is 13.0. The molecule has 6 nitrogen and oxygen atoms in total. The molecule has 0 amide bonds. The summed E-state index contributed by atoms with van der Waals surface area (Å²) in [6.07, 6.45) is 2.21. The Morgan fingerprint density at radius 3 is 2.88 bits per heavy atom. The highest BCUT2D eigenvalue weighted by atomic mass is 79.9. The van der Waals surface area contributed by atoms with Gasteiger partial charge in [0.25, 0.3) is 0 Å². The van der Waals surface area contributed by atoms with Gasteiger partial charge in [-0.2, -0.15) is 0 Å². The van der Waals surface area contributed by atoms with Gasteiger partial charge < -0.3 is 5.11 Å². The fraction of sp³-hybridized carbons (Fsp3) is 0.176. The predicted octanol–water partition coefficient (Wildman–Crippen LogP) is 2.31. The number of rotatable bonds is 3. The van der Waals surface area contributed by atoms with Crippen molar-refractivity contribution in [1.29, 1.82) is 0 Å². The van der Waals surface area contributed by atoms with Crippen molar-refractivity contribution in [2.45, 2.75) is 13.0 Å². The first kappa shape index (κ1) is 15.2. The molecule has 0 spiro atoms. The van der Waals surface area contributed by atoms with Gasteiger partial charge in [0, 0.05) is 22.7 Å². The molecule has 0 saturated carbocycles. The third-order valence-electron chi connectivity index (χ3n) is 3.87. The molecule has 3 heterocycles. The van der Waals surface area contributed by atoms with Crippen molar-refractivity contribution in [2.24, 2.45) is 4.99 Å². The second-order valence-corrected chi connectivity index (χ2v) is 6.30. The smallest absolute Gasteiger partial charge is 0.159 e. The highest BCUT2D eigenvalue weighted by molar-refractivity contribution is 9.10. The van der Waals surface area contributed by atoms with Crippen LogP contribution in [0.3, 0.4) is 0 Å². The summed E-state index contributed by atoms with van der Waals surface area (Å²) in [6.45, 7) is 0.439. The van der Waals surface area contributed by atoms with Crippen LogP contribution < -0.4 is 0 Å². The Bertz CT molecular complexity index is 920. The second kappa shape index (κ2) is 6.26. The molecule has 1 N–H and O–H groups in total. The molecule has 3 aromatic rings. The average Bonchev–Trinajstić information content (AvgIpc) is 2.92. The lowest BCUT2D eigenvalue weighted by Gasteiger charge is -2.13. The fourth-order valence-electron chi connectivity index (χ4n) is 2.85. The number of aliphatic hydroxyl groups is 1. The summed E-state index contributed by atoms with van der Waals surface area (Å²) in [5, 5.41) is 17.8. The molecule has 24 heavy (non-hydrogen) atoms. The van der Waals surface area contributed by atoms with E-state index in [1.165, 1.54) is 0 Å². The van der Waals surface area contributed by atoms with Crippen molar-refractivity contribution in [3.05, 3.63) is 70.0 Å². The number of fused-ring (bicyclic) bond motifs is 3. The van der Waals surface area contributed by atoms with Crippen LogP contribution in [0.4, 0.5) is 0 Å². The summed E-state index contributed by atoms with van der Waals surface area (Å²) >= 11 is 3.54. The number of aromatic nitrogens is 4. The Morgan fingerprint density at radius 2 is 2.08 bits per heavy atom. The van der Waals surface area contributed by atoms with Gasteiger partial charge in [-0.05, 0) is 30.3 Å². The maximum atomic E-state index is 9.30. The molecule has 0 atom stereocenters. The van der Waals surface area contributed by atoms with E-state index in [2.05, 4.69) is 31.1 Å². The van der Waals surface area contributed by atoms with E-state index in [0.717, 1.165) is 38.8 Å². The summed E-state index contributed by atoms with van der Waals surface area (Å²) < 4.78 is 2.95. The van der Waals surface area contributed by atoms with Crippen LogP contribution in [0.15, 0.2) is 52.1 Å². The number of benzene rings is 1. The number of aliphatic hydroxyl groups excluding tert-OH is 1. The van der Waals surface area contributed by atoms with Crippen molar-refractivity contribution in [2.75, 3.05) is 6.61 Å². The minimum absolute atomic E-state index is 0.0257. The lowest BCUT2D eigenvalue weighted by molar-refractivity contribution is 0.296. The zero-order valence-corrected chi connectivity index (χ0v) is 14.3. The first-order chi connectivity index (χ1) is 11.8. The van der Waals surface area contributed by atoms with Crippen LogP contribution in [0.1, 0.15) is 22.9 Å². The molecule has 4 rings (SSSR count). The molecule has 2 aromatic heterocycles. The van der Waals surface area contributed by atoms with Gasteiger partial charge in [0.05, 0.1) is 23.7 Å². The van der Waals surface area contributed by atoms with Crippen LogP contribution in [-0.4, -0.2) is 37.2 Å². The van der Waals surface area contributed by atoms with Gasteiger partial charge in [-0.15, -0.1) is 10.2 Å². The van der Waals surface area contributed by atoms with Gasteiger partial charge in [0.15, 0.2) is 5.82 Å². The zero-order valence-electron chi connectivity index (χ0n) is 12.7. The Morgan fingerprint density at radius 1 is 1.17 bits per heavy atom. The Hall–Kier alpha value is -2.38. The number of pyridine rings is 1. The van der Waals surface area contributed by atoms with Gasteiger partial charge in [-0.1, -0.05) is 22.0 Å². The van der Waals surface area contributed by atoms with E-state index in [1.807, 2.05) is 41.0 Å². The molecular weight excluding hydrogens is 370 g/mol. The monoisotopic (exact) mass is 383 g/mol. The summed E-state index contributed by atoms with van der Waals surface area (Å²) in [6, 6.07) is 11.8. The Balaban J connectivity index is 1.96. The van der Waals surface area contributed by atoms with E-state index in [0.29, 0.717) is 13.0 Å². The SMILES string of the molecule is OCCc1nnc2n1-c1ccc(Br)cc1C(c1ccccn1)=NC2. The maximum Gasteiger partial charge on any atom is 0.159 e. The van der Waals surface area contributed by atoms with Crippen molar-refractivity contribution in [1.82, 2.24) is 19.7 Å². The van der Waals surface area contributed by atoms with Crippen molar-refractivity contribution >= 4 is 21.6 Å². The third kappa shape index (κ3) is 2.55. The van der Waals surface area contributed by atoms with E-state index in [1.54, 1.807) is 6.20 Å². The molecule has 120 valence electrons. The van der Waals surface area contributed by atoms with Gasteiger partial charge in [-0.25, -0.2) is 0 Å². The minimum atomic E-state index is 0.0257. The van der Waals surface area contributed by atoms with Crippen molar-refractivity contribution in [3.63, 3.8) is 0 Å². The number of halogens is 1. The lowest BCUT2D eigenvalue weighted by atomic mass is 10.0. The topological polar surface area (TPSA) is 76.2 Å². The van der Waals surface area contributed by atoms with Gasteiger partial charge in [0.2, 0.25) is 0 Å². The van der Waals surface area contributed by atoms with E-state index in [9.17, 15) is 5.11 Å². The quantitative estimate of drug-likeness (QED) is 0.752. The zero-order chi connectivity index (χ0) is 16.5. The van der Waals surface area contributed by atoms with Crippen LogP contribution >= 0.6 is 15.9 Å². The largest absolute Gasteiger partial charge is 0.396 e. The van der Waals surface area contributed by atoms with Gasteiger partial charge in [-0.3, -0.25) is 14.5 Å². The highest BCUT2D eigenvalue weighted by Crippen LogP contribution is 2.28. The first-order valence-corrected chi connectivity index (χ1v) is 8.37. The molecule has 0 saturated heterocycles. The number of nitrogens with zero attached hydrogens (tertiary/aromatic N) is 5. The molecule has 1 aliphatic heterocycles. The van der Waals surface area contributed by atoms with Crippen LogP contribution in [-0.2, 0) is 13.0 Å². The molecular formula is C17H14BrN5O. The average molecular weight is 384 g/mol. The number of aliphatic imine (C=N–C) groups is 1. The van der Waals surface area contributed by atoms with E-state index < -0.39 is 0 Å². The van der Waals surface area contributed by atoms with Crippen molar-refractivity contribution in [3.8, 4) is 5.69 Å². The number of hydrogen-bond acceptors (Lipinski definition) is 5. The van der Waals surface area contributed by atoms with Gasteiger partial charge >= 0.3 is 0 Å². The summed E-state index contributed by atoms with van der Waals surface area (Å²) in [4.78, 5) is 9.19. The van der Waals surface area contributed by atoms with Crippen LogP contribution in [0, 0.1) is 0 Å². The maximum absolute atomic E-state index is 9.30. The Labute approximate surface area is 147 Å². The third-order valence-corrected chi connectivity index (χ3v) is 4.37. The standard InChI is InChI=1S/C17H14BrN5O/c18-11-4-5-14-12(9-11)17(13-3-1-2-7-19-13)20-10-16-22-21-15(6-8-24)23(14)16/h1-5,7,9,24H,6,8,10H2. The molecule has 1 aromatic carbocycles. The van der Waals surface area contributed by atoms with E-state index in [4.69, 9.17) is 4.99 Å². The van der Waals surface area contributed by atoms with Crippen molar-refractivity contribution < 1.29 is 5.11 Å². The molecule has 1 aliphatic rings. The first-order valence-electron chi connectivity index (χ1n) is 7.58. The fourth-order valence-corrected chi connectivity index (χ4v) is 3.21. The summed E-state index contributed by atoms with van der Waals surface area (Å²) in [5.41, 5.74) is 3.55. The van der Waals surface area contributed by atoms with E-state index in [-0.39, 0.29) is 6.61 Å². The highest BCUT2D eigenvalue weighted by Gasteiger charge is 2.23. The van der Waals surface area contributed by atoms with Crippen LogP contribution in [0.25, 0.3) is 5.69 Å². The number of hydrogen-bond donors (Lipinski definition) is 1. The minimum Gasteiger partial charge on any atom is -0.396 e. The van der Waals surface area contributed by atoms with Crippen LogP contribution in [0.5, 0.6) is 0 Å². The molecule has 0 unspecified atom stereocenters. The Kier molecular flexibility index (Phi) is 3.95.